The van der Waals surface area contributed by atoms with Crippen LogP contribution in [0, 0.1) is 0 Å². The molecule has 0 fully saturated rings. The Labute approximate surface area is 182 Å². The Bertz CT molecular complexity index is 1060. The molecule has 156 valence electrons. The van der Waals surface area contributed by atoms with Crippen LogP contribution >= 0.6 is 0 Å². The fraction of sp³-hybridized carbons (Fsp3) is 0.115. The van der Waals surface area contributed by atoms with E-state index in [1.165, 1.54) is 0 Å². The van der Waals surface area contributed by atoms with Gasteiger partial charge in [0.1, 0.15) is 0 Å². The van der Waals surface area contributed by atoms with Gasteiger partial charge in [-0.05, 0) is 42.3 Å². The standard InChI is InChI=1S/C26H25N3O2/c1-2-9-25(30)27-23-17-15-22(16-18-23)26(31)29-28-24(21-12-7-4-8-13-21)19-14-20-10-5-3-6-11-20/h3-8,10-19H,2,9H2,1H3,(H,27,30)(H,29,31). The van der Waals surface area contributed by atoms with Crippen molar-refractivity contribution in [3.63, 3.8) is 0 Å². The van der Waals surface area contributed by atoms with E-state index in [0.29, 0.717) is 23.4 Å². The molecule has 0 spiro atoms. The molecule has 3 aromatic carbocycles. The van der Waals surface area contributed by atoms with E-state index in [1.54, 1.807) is 24.3 Å². The number of hydrogen-bond donors (Lipinski definition) is 2. The van der Waals surface area contributed by atoms with Gasteiger partial charge < -0.3 is 5.32 Å². The first-order valence-corrected chi connectivity index (χ1v) is 10.2. The lowest BCUT2D eigenvalue weighted by Gasteiger charge is -2.06. The van der Waals surface area contributed by atoms with Crippen LogP contribution in [0.4, 0.5) is 5.69 Å². The fourth-order valence-corrected chi connectivity index (χ4v) is 2.88. The topological polar surface area (TPSA) is 70.6 Å². The van der Waals surface area contributed by atoms with Gasteiger partial charge in [0, 0.05) is 23.2 Å². The maximum atomic E-state index is 12.6. The molecule has 0 aliphatic heterocycles. The van der Waals surface area contributed by atoms with Gasteiger partial charge in [-0.25, -0.2) is 5.43 Å². The quantitative estimate of drug-likeness (QED) is 0.391. The zero-order chi connectivity index (χ0) is 21.9. The number of rotatable bonds is 8. The molecule has 0 atom stereocenters. The molecular formula is C26H25N3O2. The normalized spacial score (nSPS) is 11.3. The molecule has 0 aliphatic carbocycles. The average molecular weight is 412 g/mol. The highest BCUT2D eigenvalue weighted by Gasteiger charge is 2.07. The Morgan fingerprint density at radius 1 is 0.839 bits per heavy atom. The number of nitrogens with one attached hydrogen (secondary N) is 2. The maximum absolute atomic E-state index is 12.6. The monoisotopic (exact) mass is 411 g/mol. The number of benzene rings is 3. The van der Waals surface area contributed by atoms with Crippen LogP contribution in [0.3, 0.4) is 0 Å². The van der Waals surface area contributed by atoms with E-state index >= 15 is 0 Å². The van der Waals surface area contributed by atoms with E-state index in [-0.39, 0.29) is 11.8 Å². The number of nitrogens with zero attached hydrogens (tertiary/aromatic N) is 1. The van der Waals surface area contributed by atoms with Crippen molar-refractivity contribution in [1.82, 2.24) is 5.43 Å². The molecule has 3 rings (SSSR count). The van der Waals surface area contributed by atoms with Crippen molar-refractivity contribution in [1.29, 1.82) is 0 Å². The smallest absolute Gasteiger partial charge is 0.271 e. The van der Waals surface area contributed by atoms with Crippen molar-refractivity contribution >= 4 is 29.3 Å². The number of anilines is 1. The first-order chi connectivity index (χ1) is 15.2. The van der Waals surface area contributed by atoms with E-state index in [2.05, 4.69) is 15.8 Å². The minimum atomic E-state index is -0.326. The van der Waals surface area contributed by atoms with Crippen LogP contribution in [0.2, 0.25) is 0 Å². The van der Waals surface area contributed by atoms with Crippen LogP contribution in [-0.2, 0) is 4.79 Å². The molecule has 31 heavy (non-hydrogen) atoms. The number of hydrazone groups is 1. The molecule has 0 heterocycles. The minimum Gasteiger partial charge on any atom is -0.326 e. The van der Waals surface area contributed by atoms with Crippen molar-refractivity contribution in [3.05, 3.63) is 108 Å². The molecule has 2 amide bonds. The molecule has 0 saturated heterocycles. The maximum Gasteiger partial charge on any atom is 0.271 e. The van der Waals surface area contributed by atoms with Crippen molar-refractivity contribution in [3.8, 4) is 0 Å². The lowest BCUT2D eigenvalue weighted by molar-refractivity contribution is -0.116. The zero-order valence-corrected chi connectivity index (χ0v) is 17.4. The second kappa shape index (κ2) is 11.3. The van der Waals surface area contributed by atoms with Crippen LogP contribution in [-0.4, -0.2) is 17.5 Å². The van der Waals surface area contributed by atoms with E-state index in [0.717, 1.165) is 17.5 Å². The Kier molecular flexibility index (Phi) is 7.89. The SMILES string of the molecule is CCCC(=O)Nc1ccc(C(=O)NN=C(C=Cc2ccccc2)c2ccccc2)cc1. The largest absolute Gasteiger partial charge is 0.326 e. The lowest BCUT2D eigenvalue weighted by Crippen LogP contribution is -2.19. The highest BCUT2D eigenvalue weighted by molar-refractivity contribution is 6.11. The van der Waals surface area contributed by atoms with Crippen molar-refractivity contribution in [2.24, 2.45) is 5.10 Å². The molecule has 0 saturated carbocycles. The Morgan fingerprint density at radius 3 is 2.13 bits per heavy atom. The van der Waals surface area contributed by atoms with Gasteiger partial charge in [0.15, 0.2) is 0 Å². The molecule has 0 bridgehead atoms. The molecular weight excluding hydrogens is 386 g/mol. The summed E-state index contributed by atoms with van der Waals surface area (Å²) >= 11 is 0. The molecule has 2 N–H and O–H groups in total. The molecule has 3 aromatic rings. The molecule has 5 nitrogen and oxygen atoms in total. The van der Waals surface area contributed by atoms with Crippen molar-refractivity contribution < 1.29 is 9.59 Å². The fourth-order valence-electron chi connectivity index (χ4n) is 2.88. The number of allylic oxidation sites excluding steroid dienone is 1. The van der Waals surface area contributed by atoms with E-state index in [9.17, 15) is 9.59 Å². The highest BCUT2D eigenvalue weighted by atomic mass is 16.2. The van der Waals surface area contributed by atoms with E-state index in [1.807, 2.05) is 79.7 Å². The predicted molar refractivity (Wildman–Crippen MR) is 126 cm³/mol. The van der Waals surface area contributed by atoms with Crippen LogP contribution in [0.25, 0.3) is 6.08 Å². The summed E-state index contributed by atoms with van der Waals surface area (Å²) in [5, 5.41) is 7.15. The predicted octanol–water partition coefficient (Wildman–Crippen LogP) is 5.27. The lowest BCUT2D eigenvalue weighted by atomic mass is 10.1. The summed E-state index contributed by atoms with van der Waals surface area (Å²) in [4.78, 5) is 24.3. The van der Waals surface area contributed by atoms with Crippen molar-refractivity contribution in [2.75, 3.05) is 5.32 Å². The number of carbonyl (C=O) groups is 2. The van der Waals surface area contributed by atoms with E-state index < -0.39 is 0 Å². The van der Waals surface area contributed by atoms with Gasteiger partial charge in [0.05, 0.1) is 5.71 Å². The van der Waals surface area contributed by atoms with Crippen LogP contribution in [0.5, 0.6) is 0 Å². The summed E-state index contributed by atoms with van der Waals surface area (Å²) in [5.74, 6) is -0.366. The van der Waals surface area contributed by atoms with Crippen LogP contribution in [0.1, 0.15) is 41.3 Å². The van der Waals surface area contributed by atoms with Gasteiger partial charge in [0.2, 0.25) is 5.91 Å². The summed E-state index contributed by atoms with van der Waals surface area (Å²) in [7, 11) is 0. The third-order valence-electron chi connectivity index (χ3n) is 4.49. The van der Waals surface area contributed by atoms with Gasteiger partial charge in [-0.1, -0.05) is 73.7 Å². The summed E-state index contributed by atoms with van der Waals surface area (Å²) in [6, 6.07) is 26.3. The molecule has 0 aliphatic rings. The Hall–Kier alpha value is -3.99. The summed E-state index contributed by atoms with van der Waals surface area (Å²) < 4.78 is 0. The van der Waals surface area contributed by atoms with Gasteiger partial charge in [-0.2, -0.15) is 5.10 Å². The minimum absolute atomic E-state index is 0.0398. The summed E-state index contributed by atoms with van der Waals surface area (Å²) in [6.07, 6.45) is 5.07. The van der Waals surface area contributed by atoms with Crippen LogP contribution < -0.4 is 10.7 Å². The average Bonchev–Trinajstić information content (AvgIpc) is 2.81. The molecule has 0 aromatic heterocycles. The number of hydrogen-bond acceptors (Lipinski definition) is 3. The highest BCUT2D eigenvalue weighted by Crippen LogP contribution is 2.11. The Balaban J connectivity index is 1.73. The molecule has 0 radical (unpaired) electrons. The van der Waals surface area contributed by atoms with Crippen LogP contribution in [0.15, 0.2) is 96.1 Å². The molecule has 5 heteroatoms. The first-order valence-electron chi connectivity index (χ1n) is 10.2. The second-order valence-electron chi connectivity index (χ2n) is 6.92. The molecule has 0 unspecified atom stereocenters. The van der Waals surface area contributed by atoms with Gasteiger partial charge in [0.25, 0.3) is 5.91 Å². The summed E-state index contributed by atoms with van der Waals surface area (Å²) in [5.41, 5.74) is 6.31. The van der Waals surface area contributed by atoms with Gasteiger partial charge in [-0.3, -0.25) is 9.59 Å². The zero-order valence-electron chi connectivity index (χ0n) is 17.4. The van der Waals surface area contributed by atoms with Gasteiger partial charge >= 0.3 is 0 Å². The second-order valence-corrected chi connectivity index (χ2v) is 6.92. The van der Waals surface area contributed by atoms with Crippen molar-refractivity contribution in [2.45, 2.75) is 19.8 Å². The van der Waals surface area contributed by atoms with E-state index in [4.69, 9.17) is 0 Å². The van der Waals surface area contributed by atoms with Gasteiger partial charge in [-0.15, -0.1) is 0 Å². The number of carbonyl (C=O) groups excluding carboxylic acids is 2. The summed E-state index contributed by atoms with van der Waals surface area (Å²) in [6.45, 7) is 1.95. The number of amides is 2. The third-order valence-corrected chi connectivity index (χ3v) is 4.49. The third kappa shape index (κ3) is 6.78. The Morgan fingerprint density at radius 2 is 1.48 bits per heavy atom. The first kappa shape index (κ1) is 21.7.